The number of rotatable bonds is 4. The van der Waals surface area contributed by atoms with Crippen molar-refractivity contribution in [1.82, 2.24) is 5.32 Å². The maximum atomic E-state index is 12.1. The Kier molecular flexibility index (Phi) is 5.01. The van der Waals surface area contributed by atoms with Gasteiger partial charge in [-0.3, -0.25) is 4.79 Å². The van der Waals surface area contributed by atoms with Crippen molar-refractivity contribution in [3.8, 4) is 0 Å². The first kappa shape index (κ1) is 13.8. The van der Waals surface area contributed by atoms with Crippen LogP contribution in [0.25, 0.3) is 0 Å². The zero-order valence-electron chi connectivity index (χ0n) is 11.4. The predicted octanol–water partition coefficient (Wildman–Crippen LogP) is 1.44. The smallest absolute Gasteiger partial charge is 0.223 e. The van der Waals surface area contributed by atoms with Crippen LogP contribution < -0.4 is 11.1 Å². The summed E-state index contributed by atoms with van der Waals surface area (Å²) in [6.45, 7) is 3.75. The number of hydrogen-bond donors (Lipinski definition) is 2. The maximum Gasteiger partial charge on any atom is 0.223 e. The topological polar surface area (TPSA) is 64.3 Å². The number of nitrogens with two attached hydrogens (primary N) is 1. The Bertz CT molecular complexity index is 283. The summed E-state index contributed by atoms with van der Waals surface area (Å²) in [7, 11) is 0. The van der Waals surface area contributed by atoms with Gasteiger partial charge in [-0.2, -0.15) is 0 Å². The number of nitrogens with one attached hydrogen (secondary N) is 1. The Labute approximate surface area is 110 Å². The molecule has 1 saturated heterocycles. The molecular formula is C14H26N2O2. The molecule has 4 heteroatoms. The third-order valence-electron chi connectivity index (χ3n) is 4.37. The zero-order valence-corrected chi connectivity index (χ0v) is 11.4. The fraction of sp³-hybridized carbons (Fsp3) is 0.929. The van der Waals surface area contributed by atoms with Crippen molar-refractivity contribution < 1.29 is 9.53 Å². The molecule has 0 aromatic carbocycles. The third-order valence-corrected chi connectivity index (χ3v) is 4.37. The molecule has 0 radical (unpaired) electrons. The van der Waals surface area contributed by atoms with Crippen LogP contribution in [0.5, 0.6) is 0 Å². The first-order valence-electron chi connectivity index (χ1n) is 7.35. The predicted molar refractivity (Wildman–Crippen MR) is 71.1 cm³/mol. The van der Waals surface area contributed by atoms with E-state index in [0.29, 0.717) is 12.0 Å². The molecule has 0 bridgehead atoms. The van der Waals surface area contributed by atoms with E-state index in [0.717, 1.165) is 51.7 Å². The average Bonchev–Trinajstić information content (AvgIpc) is 2.83. The van der Waals surface area contributed by atoms with Crippen molar-refractivity contribution in [3.63, 3.8) is 0 Å². The minimum atomic E-state index is 0.135. The van der Waals surface area contributed by atoms with Crippen LogP contribution in [0, 0.1) is 11.8 Å². The molecular weight excluding hydrogens is 228 g/mol. The number of carbonyl (C=O) groups excluding carboxylic acids is 1. The van der Waals surface area contributed by atoms with Crippen LogP contribution in [-0.4, -0.2) is 31.2 Å². The molecule has 2 aliphatic rings. The van der Waals surface area contributed by atoms with Gasteiger partial charge in [0.15, 0.2) is 0 Å². The van der Waals surface area contributed by atoms with Crippen molar-refractivity contribution in [3.05, 3.63) is 0 Å². The lowest BCUT2D eigenvalue weighted by Gasteiger charge is -2.26. The van der Waals surface area contributed by atoms with Crippen molar-refractivity contribution >= 4 is 5.91 Å². The zero-order chi connectivity index (χ0) is 13.0. The summed E-state index contributed by atoms with van der Waals surface area (Å²) >= 11 is 0. The van der Waals surface area contributed by atoms with Crippen LogP contribution in [-0.2, 0) is 9.53 Å². The minimum absolute atomic E-state index is 0.135. The third kappa shape index (κ3) is 3.45. The van der Waals surface area contributed by atoms with Gasteiger partial charge in [0, 0.05) is 31.0 Å². The van der Waals surface area contributed by atoms with Gasteiger partial charge in [0.1, 0.15) is 0 Å². The quantitative estimate of drug-likeness (QED) is 0.798. The summed E-state index contributed by atoms with van der Waals surface area (Å²) in [5, 5.41) is 3.10. The van der Waals surface area contributed by atoms with Gasteiger partial charge in [-0.25, -0.2) is 0 Å². The second-order valence-corrected chi connectivity index (χ2v) is 5.74. The van der Waals surface area contributed by atoms with Crippen LogP contribution >= 0.6 is 0 Å². The molecule has 1 heterocycles. The molecule has 1 saturated carbocycles. The van der Waals surface area contributed by atoms with E-state index >= 15 is 0 Å². The largest absolute Gasteiger partial charge is 0.378 e. The lowest BCUT2D eigenvalue weighted by atomic mass is 9.85. The van der Waals surface area contributed by atoms with Gasteiger partial charge in [-0.05, 0) is 32.1 Å². The van der Waals surface area contributed by atoms with E-state index in [4.69, 9.17) is 10.5 Å². The number of carbonyl (C=O) groups is 1. The Morgan fingerprint density at radius 1 is 1.39 bits per heavy atom. The number of ether oxygens (including phenoxy) is 1. The molecule has 2 fully saturated rings. The van der Waals surface area contributed by atoms with Gasteiger partial charge < -0.3 is 15.8 Å². The van der Waals surface area contributed by atoms with Gasteiger partial charge in [0.25, 0.3) is 0 Å². The highest BCUT2D eigenvalue weighted by Gasteiger charge is 2.29. The van der Waals surface area contributed by atoms with Crippen LogP contribution in [0.4, 0.5) is 0 Å². The summed E-state index contributed by atoms with van der Waals surface area (Å²) in [5.41, 5.74) is 5.92. The van der Waals surface area contributed by atoms with Crippen molar-refractivity contribution in [2.24, 2.45) is 17.6 Å². The Morgan fingerprint density at radius 3 is 2.94 bits per heavy atom. The standard InChI is InChI=1S/C14H26N2O2/c1-2-13-11(6-7-18-13)9-16-14(17)10-4-3-5-12(15)8-10/h10-13H,2-9,15H2,1H3,(H,16,17). The minimum Gasteiger partial charge on any atom is -0.378 e. The molecule has 0 aromatic rings. The highest BCUT2D eigenvalue weighted by Crippen LogP contribution is 2.25. The van der Waals surface area contributed by atoms with E-state index in [-0.39, 0.29) is 17.9 Å². The first-order chi connectivity index (χ1) is 8.70. The normalized spacial score (nSPS) is 36.6. The molecule has 3 N–H and O–H groups in total. The summed E-state index contributed by atoms with van der Waals surface area (Å²) < 4.78 is 5.64. The lowest BCUT2D eigenvalue weighted by molar-refractivity contribution is -0.126. The van der Waals surface area contributed by atoms with E-state index < -0.39 is 0 Å². The molecule has 4 unspecified atom stereocenters. The SMILES string of the molecule is CCC1OCCC1CNC(=O)C1CCCC(N)C1. The van der Waals surface area contributed by atoms with Crippen LogP contribution in [0.2, 0.25) is 0 Å². The average molecular weight is 254 g/mol. The second kappa shape index (κ2) is 6.53. The summed E-state index contributed by atoms with van der Waals surface area (Å²) in [5.74, 6) is 0.833. The first-order valence-corrected chi connectivity index (χ1v) is 7.35. The lowest BCUT2D eigenvalue weighted by Crippen LogP contribution is -2.40. The van der Waals surface area contributed by atoms with Crippen LogP contribution in [0.1, 0.15) is 45.4 Å². The molecule has 1 aliphatic carbocycles. The van der Waals surface area contributed by atoms with E-state index in [1.54, 1.807) is 0 Å². The highest BCUT2D eigenvalue weighted by atomic mass is 16.5. The Balaban J connectivity index is 1.74. The van der Waals surface area contributed by atoms with Crippen molar-refractivity contribution in [1.29, 1.82) is 0 Å². The van der Waals surface area contributed by atoms with E-state index in [1.807, 2.05) is 0 Å². The molecule has 2 rings (SSSR count). The van der Waals surface area contributed by atoms with E-state index in [9.17, 15) is 4.79 Å². The summed E-state index contributed by atoms with van der Waals surface area (Å²) in [6, 6.07) is 0.215. The Hall–Kier alpha value is -0.610. The fourth-order valence-electron chi connectivity index (χ4n) is 3.22. The molecule has 0 aromatic heterocycles. The van der Waals surface area contributed by atoms with Gasteiger partial charge in [0.2, 0.25) is 5.91 Å². The molecule has 1 aliphatic heterocycles. The molecule has 0 spiro atoms. The molecule has 104 valence electrons. The number of amides is 1. The van der Waals surface area contributed by atoms with Crippen molar-refractivity contribution in [2.45, 2.75) is 57.6 Å². The molecule has 4 nitrogen and oxygen atoms in total. The van der Waals surface area contributed by atoms with Gasteiger partial charge in [-0.15, -0.1) is 0 Å². The number of hydrogen-bond acceptors (Lipinski definition) is 3. The van der Waals surface area contributed by atoms with Crippen LogP contribution in [0.3, 0.4) is 0 Å². The molecule has 18 heavy (non-hydrogen) atoms. The molecule has 4 atom stereocenters. The van der Waals surface area contributed by atoms with Crippen molar-refractivity contribution in [2.75, 3.05) is 13.2 Å². The van der Waals surface area contributed by atoms with Gasteiger partial charge in [0.05, 0.1) is 6.10 Å². The highest BCUT2D eigenvalue weighted by molar-refractivity contribution is 5.78. The Morgan fingerprint density at radius 2 is 2.22 bits per heavy atom. The molecule has 1 amide bonds. The van der Waals surface area contributed by atoms with E-state index in [1.165, 1.54) is 0 Å². The monoisotopic (exact) mass is 254 g/mol. The second-order valence-electron chi connectivity index (χ2n) is 5.74. The van der Waals surface area contributed by atoms with E-state index in [2.05, 4.69) is 12.2 Å². The van der Waals surface area contributed by atoms with Gasteiger partial charge in [-0.1, -0.05) is 13.3 Å². The van der Waals surface area contributed by atoms with Gasteiger partial charge >= 0.3 is 0 Å². The summed E-state index contributed by atoms with van der Waals surface area (Å²) in [4.78, 5) is 12.1. The fourth-order valence-corrected chi connectivity index (χ4v) is 3.22. The summed E-state index contributed by atoms with van der Waals surface area (Å²) in [6.07, 6.45) is 6.44. The van der Waals surface area contributed by atoms with Crippen LogP contribution in [0.15, 0.2) is 0 Å². The maximum absolute atomic E-state index is 12.1.